The summed E-state index contributed by atoms with van der Waals surface area (Å²) >= 11 is 0. The zero-order chi connectivity index (χ0) is 61.3. The van der Waals surface area contributed by atoms with Crippen LogP contribution in [0.1, 0.15) is 135 Å². The molecule has 0 saturated heterocycles. The highest BCUT2D eigenvalue weighted by Crippen LogP contribution is 2.38. The number of anilines is 1. The number of halogens is 4. The molecule has 0 spiro atoms. The van der Waals surface area contributed by atoms with Crippen LogP contribution in [0.15, 0.2) is 84.9 Å². The number of ether oxygens (including phenoxy) is 6. The molecule has 0 aliphatic rings. The number of rotatable bonds is 21. The number of nitrogen functional groups attached to an aromatic ring is 1. The summed E-state index contributed by atoms with van der Waals surface area (Å²) in [6, 6.07) is 23.9. The number of carbonyl (C=O) groups is 4. The summed E-state index contributed by atoms with van der Waals surface area (Å²) < 4.78 is 85.7. The number of aromatic nitrogens is 3. The van der Waals surface area contributed by atoms with Crippen molar-refractivity contribution in [3.63, 3.8) is 0 Å². The number of aryl methyl sites for hydroxylation is 6. The number of carboxylic acid groups (broad SMARTS) is 1. The van der Waals surface area contributed by atoms with E-state index in [4.69, 9.17) is 29.8 Å². The molecule has 0 radical (unpaired) electrons. The Bertz CT molecular complexity index is 3300. The molecule has 3 aromatic heterocycles. The molecule has 21 heteroatoms. The summed E-state index contributed by atoms with van der Waals surface area (Å²) in [5.74, 6) is -1.75. The summed E-state index contributed by atoms with van der Waals surface area (Å²) in [4.78, 5) is 47.5. The van der Waals surface area contributed by atoms with Crippen LogP contribution in [0.5, 0.6) is 46.0 Å². The number of methoxy groups -OCH3 is 4. The number of hydrogen-bond donors (Lipinski definition) is 4. The lowest BCUT2D eigenvalue weighted by molar-refractivity contribution is -0.0509. The van der Waals surface area contributed by atoms with Gasteiger partial charge in [0.1, 0.15) is 68.2 Å². The highest BCUT2D eigenvalue weighted by atomic mass is 19.3. The Balaban J connectivity index is 0.000000236. The van der Waals surface area contributed by atoms with Crippen LogP contribution >= 0.6 is 0 Å². The van der Waals surface area contributed by atoms with E-state index >= 15 is 0 Å². The number of alkyl halides is 4. The first kappa shape index (κ1) is 65.6. The summed E-state index contributed by atoms with van der Waals surface area (Å²) in [5.41, 5.74) is 13.9. The minimum atomic E-state index is -3.02. The molecule has 0 unspecified atom stereocenters. The molecule has 7 rings (SSSR count). The molecular formula is C61H72F4N4O13. The zero-order valence-electron chi connectivity index (χ0n) is 48.3. The van der Waals surface area contributed by atoms with Crippen molar-refractivity contribution in [2.24, 2.45) is 0 Å². The zero-order valence-corrected chi connectivity index (χ0v) is 48.3. The van der Waals surface area contributed by atoms with E-state index < -0.39 is 19.2 Å². The third-order valence-corrected chi connectivity index (χ3v) is 12.7. The average Bonchev–Trinajstić information content (AvgIpc) is 4.25. The molecule has 0 amide bonds. The van der Waals surface area contributed by atoms with E-state index in [-0.39, 0.29) is 98.4 Å². The molecule has 0 aliphatic carbocycles. The van der Waals surface area contributed by atoms with E-state index in [1.54, 1.807) is 24.3 Å². The first-order chi connectivity index (χ1) is 38.8. The van der Waals surface area contributed by atoms with Crippen molar-refractivity contribution in [1.82, 2.24) is 13.7 Å². The van der Waals surface area contributed by atoms with Crippen LogP contribution in [-0.2, 0) is 0 Å². The minimum Gasteiger partial charge on any atom is -0.507 e. The van der Waals surface area contributed by atoms with E-state index in [9.17, 15) is 47.0 Å². The van der Waals surface area contributed by atoms with Crippen LogP contribution in [0.2, 0.25) is 0 Å². The highest BCUT2D eigenvalue weighted by molar-refractivity contribution is 6.03. The average molecular weight is 1150 g/mol. The van der Waals surface area contributed by atoms with Gasteiger partial charge in [-0.25, -0.2) is 4.79 Å². The molecule has 0 aliphatic heterocycles. The van der Waals surface area contributed by atoms with Crippen LogP contribution in [0, 0.1) is 41.5 Å². The van der Waals surface area contributed by atoms with Crippen molar-refractivity contribution in [2.75, 3.05) is 34.2 Å². The normalized spacial score (nSPS) is 10.7. The maximum Gasteiger partial charge on any atom is 0.387 e. The third-order valence-electron chi connectivity index (χ3n) is 12.7. The summed E-state index contributed by atoms with van der Waals surface area (Å²) in [6.45, 7) is 11.2. The van der Waals surface area contributed by atoms with Gasteiger partial charge in [-0.15, -0.1) is 0 Å². The van der Waals surface area contributed by atoms with Crippen LogP contribution in [0.25, 0.3) is 17.1 Å². The van der Waals surface area contributed by atoms with Gasteiger partial charge in [0, 0.05) is 108 Å². The van der Waals surface area contributed by atoms with E-state index in [0.717, 1.165) is 46.3 Å². The van der Waals surface area contributed by atoms with Gasteiger partial charge in [-0.05, 0) is 97.2 Å². The maximum atomic E-state index is 12.8. The number of nitrogens with zero attached hydrogens (tertiary/aromatic N) is 3. The van der Waals surface area contributed by atoms with Crippen molar-refractivity contribution < 1.29 is 80.5 Å². The molecule has 5 N–H and O–H groups in total. The smallest absolute Gasteiger partial charge is 0.387 e. The van der Waals surface area contributed by atoms with Gasteiger partial charge in [-0.3, -0.25) is 14.4 Å². The fraction of sp³-hybridized carbons (Fsp3) is 0.344. The number of benzene rings is 4. The molecule has 0 saturated carbocycles. The Hall–Kier alpha value is -8.88. The fourth-order valence-electron chi connectivity index (χ4n) is 9.10. The summed E-state index contributed by atoms with van der Waals surface area (Å²) in [6.07, 6.45) is 2.79. The number of phenols is 2. The summed E-state index contributed by atoms with van der Waals surface area (Å²) in [5, 5.41) is 29.2. The van der Waals surface area contributed by atoms with Crippen molar-refractivity contribution in [2.45, 2.75) is 114 Å². The number of aromatic carboxylic acids is 1. The molecule has 4 aromatic carbocycles. The van der Waals surface area contributed by atoms with Gasteiger partial charge in [0.2, 0.25) is 0 Å². The predicted octanol–water partition coefficient (Wildman–Crippen LogP) is 13.8. The van der Waals surface area contributed by atoms with Gasteiger partial charge >= 0.3 is 19.2 Å². The Morgan fingerprint density at radius 2 is 0.695 bits per heavy atom. The number of aromatic hydroxyl groups is 2. The Labute approximate surface area is 474 Å². The molecule has 7 aromatic rings. The number of carboxylic acids is 1. The number of carbonyl (C=O) groups excluding carboxylic acids is 3. The second-order valence-electron chi connectivity index (χ2n) is 18.6. The predicted molar refractivity (Wildman–Crippen MR) is 304 cm³/mol. The van der Waals surface area contributed by atoms with Gasteiger partial charge in [0.05, 0.1) is 45.5 Å². The van der Waals surface area contributed by atoms with Crippen molar-refractivity contribution in [3.05, 3.63) is 141 Å². The molecule has 0 atom stereocenters. The first-order valence-electron chi connectivity index (χ1n) is 26.0. The number of Topliss-reactive ketones (excluding diaryl/α,β-unsaturated/α-hetero) is 3. The highest BCUT2D eigenvalue weighted by Gasteiger charge is 2.25. The third kappa shape index (κ3) is 16.2. The van der Waals surface area contributed by atoms with Crippen molar-refractivity contribution in [1.29, 1.82) is 0 Å². The topological polar surface area (TPSA) is 225 Å². The SMILES string of the molecule is CCCC(=O)c1c(O)cc(-n2c(C)ccc2C)cc1OC.CCCC(=O)c1c(OC)cc(-n2c(C)ccc2C)cc1OC(F)F.CCCC(=O)c1c(OC)cc(N)cc1OC(F)F.COc1cc(-n2c(C)ccc2C)cc(O)c1C(=O)O. The van der Waals surface area contributed by atoms with Crippen molar-refractivity contribution in [3.8, 4) is 63.1 Å². The van der Waals surface area contributed by atoms with E-state index in [1.807, 2.05) is 112 Å². The second kappa shape index (κ2) is 30.1. The van der Waals surface area contributed by atoms with E-state index in [0.29, 0.717) is 36.4 Å². The molecule has 0 bridgehead atoms. The molecule has 0 fully saturated rings. The van der Waals surface area contributed by atoms with E-state index in [2.05, 4.69) is 9.47 Å². The Kier molecular flexibility index (Phi) is 24.1. The van der Waals surface area contributed by atoms with Gasteiger partial charge in [0.25, 0.3) is 0 Å². The standard InChI is InChI=1S/C18H21F2NO3.C17H21NO3.C14H15NO4.C12H15F2NO3/c1-5-6-14(22)17-15(23-4)9-13(10-16(17)24-18(19)20)21-11(2)7-8-12(21)3;1-5-6-14(19)17-15(20)9-13(10-16(17)21-4)18-11(2)7-8-12(18)3;1-8-4-5-9(2)15(8)10-6-11(16)13(14(17)18)12(7-10)19-3;1-3-4-8(16)11-9(17-2)5-7(15)6-10(11)18-12(13)14/h7-10,18H,5-6H2,1-4H3;7-10,20H,5-6H2,1-4H3;4-7,16H,1-3H3,(H,17,18);5-6,12H,3-4,15H2,1-2H3. The van der Waals surface area contributed by atoms with Gasteiger partial charge in [0.15, 0.2) is 17.3 Å². The molecule has 3 heterocycles. The molecule has 82 heavy (non-hydrogen) atoms. The number of ketones is 3. The van der Waals surface area contributed by atoms with Crippen molar-refractivity contribution >= 4 is 29.0 Å². The number of phenolic OH excluding ortho intramolecular Hbond substituents is 1. The van der Waals surface area contributed by atoms with Crippen LogP contribution in [0.3, 0.4) is 0 Å². The molecule has 442 valence electrons. The lowest BCUT2D eigenvalue weighted by atomic mass is 10.0. The lowest BCUT2D eigenvalue weighted by Crippen LogP contribution is -2.11. The number of hydrogen-bond acceptors (Lipinski definition) is 13. The van der Waals surface area contributed by atoms with E-state index in [1.165, 1.54) is 52.7 Å². The molecular weight excluding hydrogens is 1070 g/mol. The van der Waals surface area contributed by atoms with Crippen LogP contribution in [0.4, 0.5) is 23.2 Å². The summed E-state index contributed by atoms with van der Waals surface area (Å²) in [7, 11) is 5.63. The fourth-order valence-corrected chi connectivity index (χ4v) is 9.10. The van der Waals surface area contributed by atoms with Gasteiger partial charge in [-0.1, -0.05) is 20.8 Å². The minimum absolute atomic E-state index is 0.00819. The van der Waals surface area contributed by atoms with Crippen LogP contribution in [-0.4, -0.2) is 94.0 Å². The van der Waals surface area contributed by atoms with Gasteiger partial charge in [-0.2, -0.15) is 17.6 Å². The first-order valence-corrected chi connectivity index (χ1v) is 26.0. The second-order valence-corrected chi connectivity index (χ2v) is 18.6. The monoisotopic (exact) mass is 1140 g/mol. The Morgan fingerprint density at radius 1 is 0.439 bits per heavy atom. The largest absolute Gasteiger partial charge is 0.507 e. The molecule has 17 nitrogen and oxygen atoms in total. The Morgan fingerprint density at radius 3 is 1.01 bits per heavy atom. The number of nitrogens with two attached hydrogens (primary N) is 1. The quantitative estimate of drug-likeness (QED) is 0.0298. The maximum absolute atomic E-state index is 12.8. The van der Waals surface area contributed by atoms with Crippen LogP contribution < -0.4 is 34.2 Å². The van der Waals surface area contributed by atoms with Gasteiger partial charge < -0.3 is 63.2 Å². The lowest BCUT2D eigenvalue weighted by Gasteiger charge is -2.18.